The first kappa shape index (κ1) is 17.4. The van der Waals surface area contributed by atoms with Gasteiger partial charge in [-0.25, -0.2) is 4.68 Å². The lowest BCUT2D eigenvalue weighted by molar-refractivity contribution is 0.416. The first-order valence-electron chi connectivity index (χ1n) is 8.91. The topological polar surface area (TPSA) is 62.9 Å². The molecule has 136 valence electrons. The van der Waals surface area contributed by atoms with Crippen LogP contribution in [0.15, 0.2) is 42.5 Å². The maximum Gasteiger partial charge on any atom is 0.133 e. The third-order valence-electron chi connectivity index (χ3n) is 4.79. The Hall–Kier alpha value is -2.97. The molecule has 0 spiro atoms. The summed E-state index contributed by atoms with van der Waals surface area (Å²) in [6.07, 6.45) is 3.13. The highest BCUT2D eigenvalue weighted by Gasteiger charge is 2.23. The van der Waals surface area contributed by atoms with Crippen molar-refractivity contribution in [3.05, 3.63) is 58.6 Å². The molecule has 0 bridgehead atoms. The lowest BCUT2D eigenvalue weighted by Crippen LogP contribution is -2.07. The predicted octanol–water partition coefficient (Wildman–Crippen LogP) is 4.82. The van der Waals surface area contributed by atoms with Gasteiger partial charge in [0.15, 0.2) is 0 Å². The zero-order chi connectivity index (χ0) is 18.8. The molecule has 27 heavy (non-hydrogen) atoms. The van der Waals surface area contributed by atoms with E-state index in [0.717, 1.165) is 59.9 Å². The Morgan fingerprint density at radius 1 is 1.19 bits per heavy atom. The van der Waals surface area contributed by atoms with Crippen LogP contribution in [0.4, 0.5) is 5.82 Å². The fourth-order valence-electron chi connectivity index (χ4n) is 3.45. The van der Waals surface area contributed by atoms with Gasteiger partial charge in [-0.05, 0) is 61.7 Å². The average molecular weight is 379 g/mol. The third-order valence-corrected chi connectivity index (χ3v) is 5.02. The standard InChI is InChI=1S/C21H19ClN4O/c1-27-19-10-7-15(22)12-18(19)20-17-4-2-3-11-24-21(17)26(25-20)16-8-5-14(13-23)6-9-16/h5-10,12,24H,2-4,11H2,1H3. The lowest BCUT2D eigenvalue weighted by atomic mass is 10.0. The molecule has 0 amide bonds. The van der Waals surface area contributed by atoms with Gasteiger partial charge in [0, 0.05) is 22.7 Å². The highest BCUT2D eigenvalue weighted by atomic mass is 35.5. The van der Waals surface area contributed by atoms with Crippen molar-refractivity contribution in [2.45, 2.75) is 19.3 Å². The van der Waals surface area contributed by atoms with Crippen molar-refractivity contribution < 1.29 is 4.74 Å². The van der Waals surface area contributed by atoms with Crippen molar-refractivity contribution in [3.63, 3.8) is 0 Å². The summed E-state index contributed by atoms with van der Waals surface area (Å²) in [5.41, 5.74) is 4.46. The van der Waals surface area contributed by atoms with E-state index in [1.807, 2.05) is 35.0 Å². The van der Waals surface area contributed by atoms with Crippen molar-refractivity contribution in [3.8, 4) is 28.8 Å². The number of benzene rings is 2. The van der Waals surface area contributed by atoms with Crippen LogP contribution in [0.25, 0.3) is 16.9 Å². The molecule has 1 aliphatic heterocycles. The minimum atomic E-state index is 0.627. The van der Waals surface area contributed by atoms with Crippen LogP contribution in [0, 0.1) is 11.3 Å². The smallest absolute Gasteiger partial charge is 0.133 e. The monoisotopic (exact) mass is 378 g/mol. The van der Waals surface area contributed by atoms with Gasteiger partial charge >= 0.3 is 0 Å². The van der Waals surface area contributed by atoms with Crippen LogP contribution in [0.5, 0.6) is 5.75 Å². The SMILES string of the molecule is COc1ccc(Cl)cc1-c1nn(-c2ccc(C#N)cc2)c2c1CCCCN2. The van der Waals surface area contributed by atoms with Gasteiger partial charge < -0.3 is 10.1 Å². The summed E-state index contributed by atoms with van der Waals surface area (Å²) in [6.45, 7) is 0.904. The summed E-state index contributed by atoms with van der Waals surface area (Å²) in [7, 11) is 1.65. The molecule has 0 saturated carbocycles. The van der Waals surface area contributed by atoms with E-state index in [1.165, 1.54) is 0 Å². The summed E-state index contributed by atoms with van der Waals surface area (Å²) in [4.78, 5) is 0. The van der Waals surface area contributed by atoms with Crippen LogP contribution >= 0.6 is 11.6 Å². The number of halogens is 1. The van der Waals surface area contributed by atoms with Crippen molar-refractivity contribution >= 4 is 17.4 Å². The molecule has 2 aromatic carbocycles. The molecule has 5 nitrogen and oxygen atoms in total. The van der Waals surface area contributed by atoms with Gasteiger partial charge in [0.05, 0.1) is 24.4 Å². The van der Waals surface area contributed by atoms with Crippen LogP contribution in [-0.4, -0.2) is 23.4 Å². The molecule has 1 aliphatic rings. The molecule has 3 aromatic rings. The van der Waals surface area contributed by atoms with Crippen molar-refractivity contribution in [1.29, 1.82) is 5.26 Å². The molecule has 6 heteroatoms. The number of ether oxygens (including phenoxy) is 1. The van der Waals surface area contributed by atoms with Crippen LogP contribution < -0.4 is 10.1 Å². The molecule has 4 rings (SSSR count). The fourth-order valence-corrected chi connectivity index (χ4v) is 3.62. The Labute approximate surface area is 163 Å². The Kier molecular flexibility index (Phi) is 4.74. The number of rotatable bonds is 3. The number of aromatic nitrogens is 2. The first-order valence-corrected chi connectivity index (χ1v) is 9.29. The predicted molar refractivity (Wildman–Crippen MR) is 107 cm³/mol. The number of anilines is 1. The molecule has 0 aliphatic carbocycles. The molecule has 0 radical (unpaired) electrons. The summed E-state index contributed by atoms with van der Waals surface area (Å²) in [6, 6.07) is 15.2. The number of hydrogen-bond donors (Lipinski definition) is 1. The summed E-state index contributed by atoms with van der Waals surface area (Å²) < 4.78 is 7.47. The van der Waals surface area contributed by atoms with Gasteiger partial charge in [-0.2, -0.15) is 10.4 Å². The maximum absolute atomic E-state index is 9.05. The number of methoxy groups -OCH3 is 1. The number of nitrogens with zero attached hydrogens (tertiary/aromatic N) is 3. The van der Waals surface area contributed by atoms with E-state index < -0.39 is 0 Å². The van der Waals surface area contributed by atoms with Gasteiger partial charge in [0.25, 0.3) is 0 Å². The van der Waals surface area contributed by atoms with Gasteiger partial charge in [-0.1, -0.05) is 11.6 Å². The zero-order valence-electron chi connectivity index (χ0n) is 15.0. The zero-order valence-corrected chi connectivity index (χ0v) is 15.8. The molecule has 0 unspecified atom stereocenters. The lowest BCUT2D eigenvalue weighted by Gasteiger charge is -2.09. The quantitative estimate of drug-likeness (QED) is 0.709. The average Bonchev–Trinajstić information content (AvgIpc) is 2.88. The van der Waals surface area contributed by atoms with E-state index in [9.17, 15) is 0 Å². The molecular weight excluding hydrogens is 360 g/mol. The number of hydrogen-bond acceptors (Lipinski definition) is 4. The largest absolute Gasteiger partial charge is 0.496 e. The van der Waals surface area contributed by atoms with Gasteiger partial charge in [0.2, 0.25) is 0 Å². The molecule has 1 aromatic heterocycles. The number of fused-ring (bicyclic) bond motifs is 1. The van der Waals surface area contributed by atoms with Gasteiger partial charge in [0.1, 0.15) is 17.3 Å². The van der Waals surface area contributed by atoms with Gasteiger partial charge in [-0.3, -0.25) is 0 Å². The summed E-state index contributed by atoms with van der Waals surface area (Å²) in [5.74, 6) is 1.74. The molecule has 0 saturated heterocycles. The van der Waals surface area contributed by atoms with E-state index >= 15 is 0 Å². The van der Waals surface area contributed by atoms with Crippen LogP contribution in [-0.2, 0) is 6.42 Å². The first-order chi connectivity index (χ1) is 13.2. The van der Waals surface area contributed by atoms with Crippen LogP contribution in [0.2, 0.25) is 5.02 Å². The second-order valence-electron chi connectivity index (χ2n) is 6.47. The molecule has 1 N–H and O–H groups in total. The molecule has 2 heterocycles. The van der Waals surface area contributed by atoms with Crippen molar-refractivity contribution in [2.75, 3.05) is 19.0 Å². The number of nitrogens with one attached hydrogen (secondary N) is 1. The van der Waals surface area contributed by atoms with E-state index in [1.54, 1.807) is 19.2 Å². The number of nitriles is 1. The van der Waals surface area contributed by atoms with E-state index in [4.69, 9.17) is 26.7 Å². The minimum Gasteiger partial charge on any atom is -0.496 e. The second-order valence-corrected chi connectivity index (χ2v) is 6.91. The highest BCUT2D eigenvalue weighted by molar-refractivity contribution is 6.31. The van der Waals surface area contributed by atoms with E-state index in [-0.39, 0.29) is 0 Å². The minimum absolute atomic E-state index is 0.627. The molecular formula is C21H19ClN4O. The fraction of sp³-hybridized carbons (Fsp3) is 0.238. The summed E-state index contributed by atoms with van der Waals surface area (Å²) in [5, 5.41) is 18.1. The highest BCUT2D eigenvalue weighted by Crippen LogP contribution is 2.39. The van der Waals surface area contributed by atoms with E-state index in [2.05, 4.69) is 11.4 Å². The van der Waals surface area contributed by atoms with Crippen molar-refractivity contribution in [2.24, 2.45) is 0 Å². The normalized spacial score (nSPS) is 13.2. The third kappa shape index (κ3) is 3.24. The Morgan fingerprint density at radius 3 is 2.74 bits per heavy atom. The maximum atomic E-state index is 9.05. The Morgan fingerprint density at radius 2 is 2.00 bits per heavy atom. The van der Waals surface area contributed by atoms with Gasteiger partial charge in [-0.15, -0.1) is 0 Å². The Bertz CT molecular complexity index is 1020. The van der Waals surface area contributed by atoms with E-state index in [0.29, 0.717) is 10.6 Å². The second kappa shape index (κ2) is 7.34. The Balaban J connectivity index is 1.92. The molecule has 0 atom stereocenters. The van der Waals surface area contributed by atoms with Crippen molar-refractivity contribution in [1.82, 2.24) is 9.78 Å². The van der Waals surface area contributed by atoms with Crippen LogP contribution in [0.1, 0.15) is 24.0 Å². The van der Waals surface area contributed by atoms with Crippen LogP contribution in [0.3, 0.4) is 0 Å². The molecule has 0 fully saturated rings. The summed E-state index contributed by atoms with van der Waals surface area (Å²) >= 11 is 6.26.